The zero-order valence-corrected chi connectivity index (χ0v) is 11.5. The van der Waals surface area contributed by atoms with Gasteiger partial charge in [0.1, 0.15) is 5.75 Å². The molecule has 0 amide bonds. The van der Waals surface area contributed by atoms with Gasteiger partial charge in [-0.15, -0.1) is 0 Å². The minimum atomic E-state index is 0.159. The summed E-state index contributed by atoms with van der Waals surface area (Å²) in [4.78, 5) is 3.63. The highest BCUT2D eigenvalue weighted by Crippen LogP contribution is 2.36. The fourth-order valence-electron chi connectivity index (χ4n) is 2.96. The smallest absolute Gasteiger partial charge is 0.119 e. The number of aromatic amines is 1. The Kier molecular flexibility index (Phi) is 2.42. The molecule has 96 valence electrons. The van der Waals surface area contributed by atoms with E-state index in [2.05, 4.69) is 43.2 Å². The zero-order chi connectivity index (χ0) is 12.9. The molecule has 0 aliphatic carbocycles. The van der Waals surface area contributed by atoms with E-state index >= 15 is 0 Å². The van der Waals surface area contributed by atoms with Gasteiger partial charge < -0.3 is 15.0 Å². The number of aryl methyl sites for hydroxylation is 1. The van der Waals surface area contributed by atoms with E-state index in [0.717, 1.165) is 18.8 Å². The second-order valence-corrected chi connectivity index (χ2v) is 5.83. The van der Waals surface area contributed by atoms with Gasteiger partial charge in [0.25, 0.3) is 0 Å². The van der Waals surface area contributed by atoms with Crippen molar-refractivity contribution in [3.8, 4) is 5.75 Å². The van der Waals surface area contributed by atoms with Crippen molar-refractivity contribution in [2.24, 2.45) is 0 Å². The van der Waals surface area contributed by atoms with Crippen LogP contribution in [0.15, 0.2) is 12.1 Å². The van der Waals surface area contributed by atoms with E-state index in [1.807, 2.05) is 0 Å². The van der Waals surface area contributed by atoms with Crippen LogP contribution >= 0.6 is 0 Å². The number of ether oxygens (including phenoxy) is 1. The first kappa shape index (κ1) is 11.6. The molecule has 3 nitrogen and oxygen atoms in total. The van der Waals surface area contributed by atoms with Crippen LogP contribution in [-0.4, -0.2) is 18.6 Å². The highest BCUT2D eigenvalue weighted by molar-refractivity contribution is 5.89. The molecule has 3 rings (SSSR count). The number of rotatable bonds is 1. The Morgan fingerprint density at radius 3 is 2.78 bits per heavy atom. The van der Waals surface area contributed by atoms with Crippen LogP contribution in [0.25, 0.3) is 10.9 Å². The fourth-order valence-corrected chi connectivity index (χ4v) is 2.96. The van der Waals surface area contributed by atoms with E-state index in [4.69, 9.17) is 4.74 Å². The van der Waals surface area contributed by atoms with Crippen molar-refractivity contribution >= 4 is 10.9 Å². The van der Waals surface area contributed by atoms with E-state index in [-0.39, 0.29) is 5.41 Å². The average molecular weight is 244 g/mol. The van der Waals surface area contributed by atoms with Crippen LogP contribution in [0.2, 0.25) is 0 Å². The van der Waals surface area contributed by atoms with Gasteiger partial charge in [-0.3, -0.25) is 0 Å². The molecule has 2 N–H and O–H groups in total. The number of methoxy groups -OCH3 is 1. The molecule has 0 bridgehead atoms. The molecule has 0 saturated heterocycles. The van der Waals surface area contributed by atoms with Gasteiger partial charge >= 0.3 is 0 Å². The first-order valence-corrected chi connectivity index (χ1v) is 6.43. The summed E-state index contributed by atoms with van der Waals surface area (Å²) in [5, 5.41) is 4.80. The topological polar surface area (TPSA) is 37.0 Å². The molecule has 1 aromatic heterocycles. The summed E-state index contributed by atoms with van der Waals surface area (Å²) >= 11 is 0. The maximum absolute atomic E-state index is 5.38. The first-order valence-electron chi connectivity index (χ1n) is 6.43. The van der Waals surface area contributed by atoms with E-state index in [1.165, 1.54) is 27.7 Å². The van der Waals surface area contributed by atoms with Crippen LogP contribution in [0.4, 0.5) is 0 Å². The van der Waals surface area contributed by atoms with Gasteiger partial charge in [-0.05, 0) is 30.2 Å². The lowest BCUT2D eigenvalue weighted by Gasteiger charge is -2.30. The zero-order valence-electron chi connectivity index (χ0n) is 11.5. The van der Waals surface area contributed by atoms with Gasteiger partial charge in [0, 0.05) is 35.1 Å². The van der Waals surface area contributed by atoms with Gasteiger partial charge in [0.2, 0.25) is 0 Å². The Morgan fingerprint density at radius 1 is 1.28 bits per heavy atom. The van der Waals surface area contributed by atoms with Crippen molar-refractivity contribution in [3.63, 3.8) is 0 Å². The van der Waals surface area contributed by atoms with Crippen molar-refractivity contribution in [1.29, 1.82) is 0 Å². The molecule has 1 aliphatic heterocycles. The van der Waals surface area contributed by atoms with Crippen LogP contribution in [0.3, 0.4) is 0 Å². The highest BCUT2D eigenvalue weighted by atomic mass is 16.5. The maximum atomic E-state index is 5.38. The van der Waals surface area contributed by atoms with Crippen molar-refractivity contribution in [2.75, 3.05) is 13.7 Å². The predicted octanol–water partition coefficient (Wildman–Crippen LogP) is 2.87. The summed E-state index contributed by atoms with van der Waals surface area (Å²) in [7, 11) is 1.72. The first-order chi connectivity index (χ1) is 8.53. The fraction of sp³-hybridized carbons (Fsp3) is 0.467. The lowest BCUT2D eigenvalue weighted by molar-refractivity contribution is 0.415. The standard InChI is InChI=1S/C15H20N2O/c1-9-5-10(18-4)6-11-12-7-16-8-15(2,3)14(12)17-13(9)11/h5-6,16-17H,7-8H2,1-4H3. The van der Waals surface area contributed by atoms with Crippen LogP contribution in [-0.2, 0) is 12.0 Å². The largest absolute Gasteiger partial charge is 0.497 e. The molecule has 3 heteroatoms. The third-order valence-corrected chi connectivity index (χ3v) is 3.97. The minimum absolute atomic E-state index is 0.159. The van der Waals surface area contributed by atoms with Crippen LogP contribution in [0.5, 0.6) is 5.75 Å². The second-order valence-electron chi connectivity index (χ2n) is 5.83. The number of hydrogen-bond acceptors (Lipinski definition) is 2. The van der Waals surface area contributed by atoms with Gasteiger partial charge in [0.15, 0.2) is 0 Å². The van der Waals surface area contributed by atoms with E-state index < -0.39 is 0 Å². The summed E-state index contributed by atoms with van der Waals surface area (Å²) in [6, 6.07) is 4.23. The quantitative estimate of drug-likeness (QED) is 0.809. The number of aromatic nitrogens is 1. The number of nitrogens with one attached hydrogen (secondary N) is 2. The maximum Gasteiger partial charge on any atom is 0.119 e. The Morgan fingerprint density at radius 2 is 2.06 bits per heavy atom. The normalized spacial score (nSPS) is 17.8. The number of H-pyrrole nitrogens is 1. The molecule has 0 unspecified atom stereocenters. The third-order valence-electron chi connectivity index (χ3n) is 3.97. The second kappa shape index (κ2) is 3.75. The lowest BCUT2D eigenvalue weighted by Crippen LogP contribution is -2.38. The summed E-state index contributed by atoms with van der Waals surface area (Å²) in [5.74, 6) is 0.935. The molecule has 1 aliphatic rings. The van der Waals surface area contributed by atoms with E-state index in [1.54, 1.807) is 7.11 Å². The van der Waals surface area contributed by atoms with Gasteiger partial charge in [-0.1, -0.05) is 13.8 Å². The molecule has 1 aromatic carbocycles. The van der Waals surface area contributed by atoms with Crippen molar-refractivity contribution < 1.29 is 4.74 Å². The molecule has 2 aromatic rings. The summed E-state index contributed by atoms with van der Waals surface area (Å²) < 4.78 is 5.38. The SMILES string of the molecule is COc1cc(C)c2[nH]c3c(c2c1)CNCC3(C)C. The van der Waals surface area contributed by atoms with Gasteiger partial charge in [-0.25, -0.2) is 0 Å². The monoisotopic (exact) mass is 244 g/mol. The molecule has 2 heterocycles. The van der Waals surface area contributed by atoms with Crippen LogP contribution in [0.1, 0.15) is 30.7 Å². The van der Waals surface area contributed by atoms with Crippen molar-refractivity contribution in [2.45, 2.75) is 32.7 Å². The Bertz CT molecular complexity index is 610. The van der Waals surface area contributed by atoms with Crippen molar-refractivity contribution in [3.05, 3.63) is 29.0 Å². The summed E-state index contributed by atoms with van der Waals surface area (Å²) in [5.41, 5.74) is 5.41. The number of hydrogen-bond donors (Lipinski definition) is 2. The highest BCUT2D eigenvalue weighted by Gasteiger charge is 2.30. The number of fused-ring (bicyclic) bond motifs is 3. The molecular formula is C15H20N2O. The minimum Gasteiger partial charge on any atom is -0.497 e. The Balaban J connectivity index is 2.33. The molecule has 0 saturated carbocycles. The Hall–Kier alpha value is -1.48. The van der Waals surface area contributed by atoms with Gasteiger partial charge in [-0.2, -0.15) is 0 Å². The molecular weight excluding hydrogens is 224 g/mol. The molecule has 0 radical (unpaired) electrons. The van der Waals surface area contributed by atoms with E-state index in [9.17, 15) is 0 Å². The lowest BCUT2D eigenvalue weighted by atomic mass is 9.84. The van der Waals surface area contributed by atoms with E-state index in [0.29, 0.717) is 0 Å². The molecule has 18 heavy (non-hydrogen) atoms. The summed E-state index contributed by atoms with van der Waals surface area (Å²) in [6.07, 6.45) is 0. The van der Waals surface area contributed by atoms with Crippen molar-refractivity contribution in [1.82, 2.24) is 10.3 Å². The predicted molar refractivity (Wildman–Crippen MR) is 74.3 cm³/mol. The van der Waals surface area contributed by atoms with Gasteiger partial charge in [0.05, 0.1) is 7.11 Å². The third kappa shape index (κ3) is 1.54. The summed E-state index contributed by atoms with van der Waals surface area (Å²) in [6.45, 7) is 8.64. The average Bonchev–Trinajstić information content (AvgIpc) is 2.70. The van der Waals surface area contributed by atoms with Crippen LogP contribution < -0.4 is 10.1 Å². The molecule has 0 fully saturated rings. The Labute approximate surface area is 108 Å². The molecule has 0 spiro atoms. The number of benzene rings is 1. The molecule has 0 atom stereocenters. The van der Waals surface area contributed by atoms with Crippen LogP contribution in [0, 0.1) is 6.92 Å².